The molecule has 3 aliphatic heterocycles. The number of benzene rings is 2. The lowest BCUT2D eigenvalue weighted by Crippen LogP contribution is -2.48. The normalized spacial score (nSPS) is 25.9. The molecule has 192 valence electrons. The summed E-state index contributed by atoms with van der Waals surface area (Å²) in [5.41, 5.74) is 2.55. The van der Waals surface area contributed by atoms with Crippen LogP contribution < -0.4 is 15.4 Å². The van der Waals surface area contributed by atoms with Crippen molar-refractivity contribution in [3.05, 3.63) is 58.6 Å². The Labute approximate surface area is 215 Å². The number of halogens is 1. The molecule has 0 saturated carbocycles. The highest BCUT2D eigenvalue weighted by Crippen LogP contribution is 2.46. The minimum Gasteiger partial charge on any atom is -0.490 e. The Morgan fingerprint density at radius 2 is 1.94 bits per heavy atom. The summed E-state index contributed by atoms with van der Waals surface area (Å²) in [5.74, 6) is -0.442. The molecule has 8 nitrogen and oxygen atoms in total. The molecule has 4 atom stereocenters. The maximum Gasteiger partial charge on any atom is 0.230 e. The van der Waals surface area contributed by atoms with E-state index in [0.29, 0.717) is 36.9 Å². The molecular weight excluding hydrogens is 484 g/mol. The Morgan fingerprint density at radius 1 is 1.17 bits per heavy atom. The van der Waals surface area contributed by atoms with E-state index in [0.717, 1.165) is 29.7 Å². The summed E-state index contributed by atoms with van der Waals surface area (Å²) in [5, 5.41) is 16.6. The number of rotatable bonds is 7. The number of aliphatic hydroxyl groups is 1. The Morgan fingerprint density at radius 3 is 2.69 bits per heavy atom. The molecule has 0 aromatic heterocycles. The third kappa shape index (κ3) is 5.67. The molecule has 3 aliphatic rings. The van der Waals surface area contributed by atoms with E-state index in [2.05, 4.69) is 10.6 Å². The van der Waals surface area contributed by atoms with Crippen LogP contribution in [0.15, 0.2) is 42.5 Å². The monoisotopic (exact) mass is 514 g/mol. The van der Waals surface area contributed by atoms with Crippen molar-refractivity contribution in [3.8, 4) is 5.75 Å². The van der Waals surface area contributed by atoms with Gasteiger partial charge in [0.05, 0.1) is 44.4 Å². The van der Waals surface area contributed by atoms with Crippen molar-refractivity contribution in [2.24, 2.45) is 5.92 Å². The topological polar surface area (TPSA) is 106 Å². The zero-order chi connectivity index (χ0) is 25.1. The van der Waals surface area contributed by atoms with E-state index in [1.54, 1.807) is 12.1 Å². The van der Waals surface area contributed by atoms with Gasteiger partial charge in [-0.15, -0.1) is 0 Å². The first-order chi connectivity index (χ1) is 17.5. The van der Waals surface area contributed by atoms with Gasteiger partial charge in [-0.3, -0.25) is 9.59 Å². The maximum absolute atomic E-state index is 13.1. The lowest BCUT2D eigenvalue weighted by atomic mass is 9.76. The van der Waals surface area contributed by atoms with E-state index in [4.69, 9.17) is 25.8 Å². The van der Waals surface area contributed by atoms with E-state index in [1.807, 2.05) is 30.3 Å². The molecule has 36 heavy (non-hydrogen) atoms. The Bertz CT molecular complexity index is 1090. The molecule has 2 amide bonds. The number of hydrogen-bond donors (Lipinski definition) is 3. The van der Waals surface area contributed by atoms with E-state index >= 15 is 0 Å². The summed E-state index contributed by atoms with van der Waals surface area (Å²) in [6, 6.07) is 13.0. The number of fused-ring (bicyclic) bond motifs is 4. The summed E-state index contributed by atoms with van der Waals surface area (Å²) in [7, 11) is 0. The number of aliphatic hydroxyl groups excluding tert-OH is 1. The molecule has 5 rings (SSSR count). The van der Waals surface area contributed by atoms with Gasteiger partial charge in [-0.2, -0.15) is 0 Å². The van der Waals surface area contributed by atoms with Gasteiger partial charge in [-0.25, -0.2) is 0 Å². The number of carbonyl (C=O) groups is 2. The number of anilines is 1. The van der Waals surface area contributed by atoms with Gasteiger partial charge in [0.1, 0.15) is 11.9 Å². The van der Waals surface area contributed by atoms with Gasteiger partial charge in [0.25, 0.3) is 0 Å². The van der Waals surface area contributed by atoms with Gasteiger partial charge < -0.3 is 30.0 Å². The SMILES string of the molecule is O=C(C[C@H]1C[C@H]2c3cc(ccc3OC3CCOCC3)NC(=O)[C@H]2[C@H](CO)O1)NCc1ccc(Cl)cc1. The van der Waals surface area contributed by atoms with Crippen LogP contribution >= 0.6 is 11.6 Å². The molecule has 2 aromatic carbocycles. The van der Waals surface area contributed by atoms with Crippen LogP contribution in [-0.2, 0) is 25.6 Å². The van der Waals surface area contributed by atoms with Crippen molar-refractivity contribution in [3.63, 3.8) is 0 Å². The van der Waals surface area contributed by atoms with Gasteiger partial charge in [-0.05, 0) is 42.3 Å². The van der Waals surface area contributed by atoms with Crippen molar-refractivity contribution >= 4 is 29.1 Å². The van der Waals surface area contributed by atoms with E-state index in [9.17, 15) is 14.7 Å². The maximum atomic E-state index is 13.1. The van der Waals surface area contributed by atoms with Crippen molar-refractivity contribution < 1.29 is 28.9 Å². The van der Waals surface area contributed by atoms with Gasteiger partial charge in [-0.1, -0.05) is 23.7 Å². The number of amides is 2. The van der Waals surface area contributed by atoms with Crippen LogP contribution in [0.2, 0.25) is 5.02 Å². The first-order valence-corrected chi connectivity index (χ1v) is 12.8. The van der Waals surface area contributed by atoms with Gasteiger partial charge in [0.15, 0.2) is 0 Å². The second kappa shape index (κ2) is 11.2. The number of ether oxygens (including phenoxy) is 3. The fourth-order valence-corrected chi connectivity index (χ4v) is 5.47. The average molecular weight is 515 g/mol. The average Bonchev–Trinajstić information content (AvgIpc) is 2.99. The molecule has 0 radical (unpaired) electrons. The predicted octanol–water partition coefficient (Wildman–Crippen LogP) is 3.41. The van der Waals surface area contributed by atoms with E-state index in [-0.39, 0.29) is 36.9 Å². The third-order valence-electron chi connectivity index (χ3n) is 7.16. The molecule has 0 aliphatic carbocycles. The lowest BCUT2D eigenvalue weighted by Gasteiger charge is -2.40. The Hall–Kier alpha value is -2.65. The Kier molecular flexibility index (Phi) is 7.76. The largest absolute Gasteiger partial charge is 0.490 e. The van der Waals surface area contributed by atoms with Crippen LogP contribution in [0, 0.1) is 5.92 Å². The van der Waals surface area contributed by atoms with E-state index in [1.165, 1.54) is 0 Å². The highest BCUT2D eigenvalue weighted by atomic mass is 35.5. The highest BCUT2D eigenvalue weighted by Gasteiger charge is 2.46. The molecule has 9 heteroatoms. The molecule has 3 heterocycles. The molecule has 2 bridgehead atoms. The molecular formula is C27H31ClN2O6. The highest BCUT2D eigenvalue weighted by molar-refractivity contribution is 6.30. The molecule has 2 saturated heterocycles. The van der Waals surface area contributed by atoms with Gasteiger partial charge in [0.2, 0.25) is 11.8 Å². The Balaban J connectivity index is 1.32. The quantitative estimate of drug-likeness (QED) is 0.523. The van der Waals surface area contributed by atoms with Crippen molar-refractivity contribution in [2.45, 2.75) is 56.5 Å². The first-order valence-electron chi connectivity index (χ1n) is 12.5. The van der Waals surface area contributed by atoms with Crippen LogP contribution in [0.25, 0.3) is 0 Å². The third-order valence-corrected chi connectivity index (χ3v) is 7.41. The first kappa shape index (κ1) is 25.0. The molecule has 2 aromatic rings. The smallest absolute Gasteiger partial charge is 0.230 e. The summed E-state index contributed by atoms with van der Waals surface area (Å²) in [4.78, 5) is 25.9. The summed E-state index contributed by atoms with van der Waals surface area (Å²) >= 11 is 5.93. The summed E-state index contributed by atoms with van der Waals surface area (Å²) < 4.78 is 17.9. The van der Waals surface area contributed by atoms with Crippen molar-refractivity contribution in [2.75, 3.05) is 25.1 Å². The number of carbonyl (C=O) groups excluding carboxylic acids is 2. The van der Waals surface area contributed by atoms with Crippen LogP contribution in [-0.4, -0.2) is 55.1 Å². The minimum atomic E-state index is -0.719. The molecule has 3 N–H and O–H groups in total. The minimum absolute atomic E-state index is 0.0501. The van der Waals surface area contributed by atoms with Crippen molar-refractivity contribution in [1.29, 1.82) is 0 Å². The summed E-state index contributed by atoms with van der Waals surface area (Å²) in [6.07, 6.45) is 1.11. The number of nitrogens with one attached hydrogen (secondary N) is 2. The second-order valence-corrected chi connectivity index (χ2v) is 10.1. The van der Waals surface area contributed by atoms with Crippen LogP contribution in [0.4, 0.5) is 5.69 Å². The summed E-state index contributed by atoms with van der Waals surface area (Å²) in [6.45, 7) is 1.39. The lowest BCUT2D eigenvalue weighted by molar-refractivity contribution is -0.148. The molecule has 0 unspecified atom stereocenters. The standard InChI is InChI=1S/C27H31ClN2O6/c28-17-3-1-16(2-4-17)14-29-25(32)13-20-12-22-21-11-18(30-27(33)26(22)24(15-31)36-20)5-6-23(21)35-19-7-9-34-10-8-19/h1-6,11,19-20,22,24,26,31H,7-10,12-15H2,(H,29,32)(H,30,33)/t20-,22+,24+,26-/m1/s1. The molecule has 2 fully saturated rings. The second-order valence-electron chi connectivity index (χ2n) is 9.63. The van der Waals surface area contributed by atoms with Gasteiger partial charge >= 0.3 is 0 Å². The van der Waals surface area contributed by atoms with Crippen LogP contribution in [0.1, 0.15) is 42.7 Å². The van der Waals surface area contributed by atoms with Crippen LogP contribution in [0.3, 0.4) is 0 Å². The fraction of sp³-hybridized carbons (Fsp3) is 0.481. The number of hydrogen-bond acceptors (Lipinski definition) is 6. The zero-order valence-electron chi connectivity index (χ0n) is 20.0. The predicted molar refractivity (Wildman–Crippen MR) is 134 cm³/mol. The zero-order valence-corrected chi connectivity index (χ0v) is 20.7. The van der Waals surface area contributed by atoms with Crippen molar-refractivity contribution in [1.82, 2.24) is 5.32 Å². The van der Waals surface area contributed by atoms with E-state index < -0.39 is 18.1 Å². The molecule has 0 spiro atoms. The fourth-order valence-electron chi connectivity index (χ4n) is 5.34. The van der Waals surface area contributed by atoms with Crippen LogP contribution in [0.5, 0.6) is 5.75 Å². The van der Waals surface area contributed by atoms with Gasteiger partial charge in [0, 0.05) is 41.6 Å².